The molecule has 0 aliphatic rings. The predicted molar refractivity (Wildman–Crippen MR) is 47.1 cm³/mol. The van der Waals surface area contributed by atoms with Crippen LogP contribution in [0.25, 0.3) is 0 Å². The first-order chi connectivity index (χ1) is 4.54. The summed E-state index contributed by atoms with van der Waals surface area (Å²) in [4.78, 5) is 10.6. The van der Waals surface area contributed by atoms with Gasteiger partial charge in [0.2, 0.25) is 0 Å². The zero-order valence-corrected chi connectivity index (χ0v) is 7.70. The fourth-order valence-corrected chi connectivity index (χ4v) is 0.661. The Balaban J connectivity index is 3.60. The first-order valence-electron chi connectivity index (χ1n) is 3.06. The summed E-state index contributed by atoms with van der Waals surface area (Å²) < 4.78 is 0.912. The molecule has 0 unspecified atom stereocenters. The average molecular weight is 203 g/mol. The van der Waals surface area contributed by atoms with E-state index in [2.05, 4.69) is 29.1 Å². The van der Waals surface area contributed by atoms with Crippen LogP contribution in [-0.4, -0.2) is 5.78 Å². The lowest BCUT2D eigenvalue weighted by Gasteiger charge is -1.98. The number of hydrogen-bond donors (Lipinski definition) is 0. The molecule has 0 spiro atoms. The first kappa shape index (κ1) is 9.63. The van der Waals surface area contributed by atoms with Crippen molar-refractivity contribution in [2.45, 2.75) is 19.8 Å². The maximum absolute atomic E-state index is 10.6. The summed E-state index contributed by atoms with van der Waals surface area (Å²) in [6.45, 7) is 8.79. The van der Waals surface area contributed by atoms with Crippen molar-refractivity contribution in [1.29, 1.82) is 0 Å². The van der Waals surface area contributed by atoms with Crippen molar-refractivity contribution >= 4 is 21.7 Å². The zero-order valence-electron chi connectivity index (χ0n) is 6.11. The summed E-state index contributed by atoms with van der Waals surface area (Å²) in [5.41, 5.74) is 0.667. The largest absolute Gasteiger partial charge is 0.295 e. The Hall–Kier alpha value is -0.370. The van der Waals surface area contributed by atoms with Crippen LogP contribution in [-0.2, 0) is 4.79 Å². The zero-order chi connectivity index (χ0) is 8.15. The van der Waals surface area contributed by atoms with E-state index in [1.807, 2.05) is 0 Å². The Morgan fingerprint density at radius 1 is 1.40 bits per heavy atom. The van der Waals surface area contributed by atoms with Gasteiger partial charge in [0.25, 0.3) is 0 Å². The summed E-state index contributed by atoms with van der Waals surface area (Å²) in [6, 6.07) is 0. The SMILES string of the molecule is C=C(Br)CCC(=C)C(C)=O. The van der Waals surface area contributed by atoms with Crippen LogP contribution in [0.15, 0.2) is 23.2 Å². The highest BCUT2D eigenvalue weighted by molar-refractivity contribution is 9.11. The summed E-state index contributed by atoms with van der Waals surface area (Å²) >= 11 is 3.21. The number of ketones is 1. The molecule has 0 atom stereocenters. The average Bonchev–Trinajstić information content (AvgIpc) is 1.82. The lowest BCUT2D eigenvalue weighted by molar-refractivity contribution is -0.113. The minimum Gasteiger partial charge on any atom is -0.295 e. The standard InChI is InChI=1S/C8H11BrO/c1-6(8(3)10)4-5-7(2)9/h1-2,4-5H2,3H3. The van der Waals surface area contributed by atoms with Gasteiger partial charge in [-0.3, -0.25) is 4.79 Å². The van der Waals surface area contributed by atoms with Gasteiger partial charge >= 0.3 is 0 Å². The molecule has 0 aliphatic heterocycles. The Labute approximate surface area is 69.9 Å². The molecular weight excluding hydrogens is 192 g/mol. The monoisotopic (exact) mass is 202 g/mol. The summed E-state index contributed by atoms with van der Waals surface area (Å²) in [6.07, 6.45) is 1.50. The van der Waals surface area contributed by atoms with Crippen molar-refractivity contribution in [1.82, 2.24) is 0 Å². The summed E-state index contributed by atoms with van der Waals surface area (Å²) in [5, 5.41) is 0. The molecule has 0 aromatic rings. The van der Waals surface area contributed by atoms with Crippen molar-refractivity contribution in [3.63, 3.8) is 0 Å². The topological polar surface area (TPSA) is 17.1 Å². The summed E-state index contributed by atoms with van der Waals surface area (Å²) in [5.74, 6) is 0.0637. The van der Waals surface area contributed by atoms with Gasteiger partial charge in [0.15, 0.2) is 5.78 Å². The second-order valence-corrected chi connectivity index (χ2v) is 3.30. The maximum atomic E-state index is 10.6. The smallest absolute Gasteiger partial charge is 0.155 e. The van der Waals surface area contributed by atoms with E-state index in [9.17, 15) is 4.79 Å². The summed E-state index contributed by atoms with van der Waals surface area (Å²) in [7, 11) is 0. The minimum absolute atomic E-state index is 0.0637. The molecule has 1 nitrogen and oxygen atoms in total. The Morgan fingerprint density at radius 2 is 1.90 bits per heavy atom. The molecule has 0 N–H and O–H groups in total. The molecule has 0 saturated heterocycles. The molecule has 0 aromatic carbocycles. The van der Waals surface area contributed by atoms with E-state index in [4.69, 9.17) is 0 Å². The van der Waals surface area contributed by atoms with Crippen molar-refractivity contribution in [2.24, 2.45) is 0 Å². The van der Waals surface area contributed by atoms with Crippen LogP contribution in [0.4, 0.5) is 0 Å². The molecule has 56 valence electrons. The van der Waals surface area contributed by atoms with E-state index < -0.39 is 0 Å². The van der Waals surface area contributed by atoms with Crippen LogP contribution in [0, 0.1) is 0 Å². The van der Waals surface area contributed by atoms with Gasteiger partial charge in [-0.2, -0.15) is 0 Å². The number of carbonyl (C=O) groups excluding carboxylic acids is 1. The van der Waals surface area contributed by atoms with Gasteiger partial charge in [0.05, 0.1) is 0 Å². The minimum atomic E-state index is 0.0637. The fraction of sp³-hybridized carbons (Fsp3) is 0.375. The van der Waals surface area contributed by atoms with Gasteiger partial charge in [-0.05, 0) is 29.8 Å². The Bertz CT molecular complexity index is 170. The molecular formula is C8H11BrO. The van der Waals surface area contributed by atoms with Crippen LogP contribution in [0.1, 0.15) is 19.8 Å². The van der Waals surface area contributed by atoms with Gasteiger partial charge in [-0.15, -0.1) is 0 Å². The third kappa shape index (κ3) is 4.50. The van der Waals surface area contributed by atoms with Crippen molar-refractivity contribution in [2.75, 3.05) is 0 Å². The number of carbonyl (C=O) groups is 1. The van der Waals surface area contributed by atoms with Gasteiger partial charge < -0.3 is 0 Å². The van der Waals surface area contributed by atoms with E-state index >= 15 is 0 Å². The third-order valence-corrected chi connectivity index (χ3v) is 1.59. The van der Waals surface area contributed by atoms with Crippen LogP contribution < -0.4 is 0 Å². The molecule has 0 fully saturated rings. The molecule has 0 aliphatic carbocycles. The lowest BCUT2D eigenvalue weighted by Crippen LogP contribution is -1.93. The van der Waals surface area contributed by atoms with Crippen LogP contribution in [0.5, 0.6) is 0 Å². The maximum Gasteiger partial charge on any atom is 0.155 e. The van der Waals surface area contributed by atoms with E-state index in [-0.39, 0.29) is 5.78 Å². The van der Waals surface area contributed by atoms with Gasteiger partial charge in [0, 0.05) is 0 Å². The van der Waals surface area contributed by atoms with E-state index in [0.717, 1.165) is 10.9 Å². The Morgan fingerprint density at radius 3 is 2.20 bits per heavy atom. The van der Waals surface area contributed by atoms with Crippen LogP contribution in [0.2, 0.25) is 0 Å². The molecule has 0 saturated carbocycles. The third-order valence-electron chi connectivity index (χ3n) is 1.20. The number of allylic oxidation sites excluding steroid dienone is 2. The molecule has 2 heteroatoms. The van der Waals surface area contributed by atoms with Crippen molar-refractivity contribution in [3.05, 3.63) is 23.2 Å². The van der Waals surface area contributed by atoms with Crippen LogP contribution >= 0.6 is 15.9 Å². The van der Waals surface area contributed by atoms with Gasteiger partial charge in [-0.25, -0.2) is 0 Å². The van der Waals surface area contributed by atoms with E-state index in [0.29, 0.717) is 12.0 Å². The first-order valence-corrected chi connectivity index (χ1v) is 3.85. The number of halogens is 1. The lowest BCUT2D eigenvalue weighted by atomic mass is 10.1. The van der Waals surface area contributed by atoms with E-state index in [1.165, 1.54) is 6.92 Å². The molecule has 0 radical (unpaired) electrons. The predicted octanol–water partition coefficient (Wildman–Crippen LogP) is 2.82. The second kappa shape index (κ2) is 4.45. The highest BCUT2D eigenvalue weighted by Gasteiger charge is 1.99. The quantitative estimate of drug-likeness (QED) is 0.642. The van der Waals surface area contributed by atoms with Crippen molar-refractivity contribution < 1.29 is 4.79 Å². The number of rotatable bonds is 4. The fourth-order valence-electron chi connectivity index (χ4n) is 0.463. The number of Topliss-reactive ketones (excluding diaryl/α,β-unsaturated/α-hetero) is 1. The number of hydrogen-bond acceptors (Lipinski definition) is 1. The van der Waals surface area contributed by atoms with E-state index in [1.54, 1.807) is 0 Å². The molecule has 0 rings (SSSR count). The highest BCUT2D eigenvalue weighted by atomic mass is 79.9. The second-order valence-electron chi connectivity index (χ2n) is 2.18. The highest BCUT2D eigenvalue weighted by Crippen LogP contribution is 2.13. The normalized spacial score (nSPS) is 9.00. The van der Waals surface area contributed by atoms with Crippen molar-refractivity contribution in [3.8, 4) is 0 Å². The molecule has 0 aromatic heterocycles. The Kier molecular flexibility index (Phi) is 4.28. The molecule has 10 heavy (non-hydrogen) atoms. The molecule has 0 bridgehead atoms. The van der Waals surface area contributed by atoms with Gasteiger partial charge in [-0.1, -0.05) is 29.1 Å². The molecule has 0 amide bonds. The molecule has 0 heterocycles. The van der Waals surface area contributed by atoms with Crippen LogP contribution in [0.3, 0.4) is 0 Å². The van der Waals surface area contributed by atoms with Gasteiger partial charge in [0.1, 0.15) is 0 Å².